The van der Waals surface area contributed by atoms with E-state index < -0.39 is 31.0 Å². The molecule has 0 amide bonds. The highest BCUT2D eigenvalue weighted by Crippen LogP contribution is 2.38. The van der Waals surface area contributed by atoms with Gasteiger partial charge in [0.15, 0.2) is 0 Å². The minimum Gasteiger partial charge on any atom is -0.281 e. The first-order chi connectivity index (χ1) is 15.7. The molecular formula is C21H17Br2F2NO5S3. The van der Waals surface area contributed by atoms with E-state index in [1.54, 1.807) is 12.1 Å². The Balaban J connectivity index is 1.66. The summed E-state index contributed by atoms with van der Waals surface area (Å²) in [6.45, 7) is 0. The van der Waals surface area contributed by atoms with Crippen LogP contribution in [0.5, 0.6) is 0 Å². The summed E-state index contributed by atoms with van der Waals surface area (Å²) in [6, 6.07) is 16.1. The number of hydrogen-bond acceptors (Lipinski definition) is 5. The average Bonchev–Trinajstić information content (AvgIpc) is 2.73. The van der Waals surface area contributed by atoms with Gasteiger partial charge < -0.3 is 0 Å². The van der Waals surface area contributed by atoms with Gasteiger partial charge in [-0.1, -0.05) is 58.4 Å². The lowest BCUT2D eigenvalue weighted by Crippen LogP contribution is -2.25. The van der Waals surface area contributed by atoms with E-state index in [1.165, 1.54) is 30.0 Å². The van der Waals surface area contributed by atoms with Crippen LogP contribution in [0.3, 0.4) is 0 Å². The van der Waals surface area contributed by atoms with Crippen LogP contribution in [0.1, 0.15) is 16.7 Å². The van der Waals surface area contributed by atoms with E-state index in [2.05, 4.69) is 31.9 Å². The molecule has 0 atom stereocenters. The summed E-state index contributed by atoms with van der Waals surface area (Å²) in [7, 11) is -9.46. The number of rotatable bonds is 8. The van der Waals surface area contributed by atoms with E-state index >= 15 is 0 Å². The SMILES string of the molecule is NS(=O)(=O)c1cc(-c2ccc(CSCc3ccc(C(F)(F)S(=O)(=O)O)c(Br)c3)cc2)ccc1Br. The molecular weight excluding hydrogens is 640 g/mol. The maximum absolute atomic E-state index is 13.9. The smallest absolute Gasteiger partial charge is 0.281 e. The van der Waals surface area contributed by atoms with Gasteiger partial charge in [-0.2, -0.15) is 29.0 Å². The zero-order valence-corrected chi connectivity index (χ0v) is 22.7. The number of benzene rings is 3. The molecule has 0 unspecified atom stereocenters. The van der Waals surface area contributed by atoms with Crippen LogP contribution in [0.15, 0.2) is 74.5 Å². The van der Waals surface area contributed by atoms with Gasteiger partial charge in [0.05, 0.1) is 10.5 Å². The molecule has 0 saturated heterocycles. The van der Waals surface area contributed by atoms with Crippen LogP contribution >= 0.6 is 43.6 Å². The van der Waals surface area contributed by atoms with Crippen molar-refractivity contribution in [3.63, 3.8) is 0 Å². The number of primary sulfonamides is 1. The van der Waals surface area contributed by atoms with E-state index in [1.807, 2.05) is 24.3 Å². The number of halogens is 4. The topological polar surface area (TPSA) is 115 Å². The molecule has 3 N–H and O–H groups in total. The van der Waals surface area contributed by atoms with E-state index in [9.17, 15) is 25.6 Å². The van der Waals surface area contributed by atoms with Crippen molar-refractivity contribution < 1.29 is 30.2 Å². The van der Waals surface area contributed by atoms with Gasteiger partial charge >= 0.3 is 15.4 Å². The largest absolute Gasteiger partial charge is 0.396 e. The molecule has 0 radical (unpaired) electrons. The molecule has 0 heterocycles. The highest BCUT2D eigenvalue weighted by Gasteiger charge is 2.47. The normalized spacial score (nSPS) is 12.6. The van der Waals surface area contributed by atoms with Gasteiger partial charge in [0.1, 0.15) is 0 Å². The summed E-state index contributed by atoms with van der Waals surface area (Å²) in [5.41, 5.74) is 2.35. The molecule has 3 aromatic rings. The molecule has 0 spiro atoms. The first-order valence-corrected chi connectivity index (χ1v) is 15.1. The summed E-state index contributed by atoms with van der Waals surface area (Å²) < 4.78 is 82.1. The number of alkyl halides is 2. The number of hydrogen-bond donors (Lipinski definition) is 2. The van der Waals surface area contributed by atoms with Crippen molar-refractivity contribution in [2.75, 3.05) is 0 Å². The molecule has 0 aliphatic rings. The van der Waals surface area contributed by atoms with Crippen molar-refractivity contribution in [3.8, 4) is 11.1 Å². The van der Waals surface area contributed by atoms with Crippen LogP contribution in [0, 0.1) is 0 Å². The van der Waals surface area contributed by atoms with Gasteiger partial charge in [0.2, 0.25) is 10.0 Å². The summed E-state index contributed by atoms with van der Waals surface area (Å²) in [6.07, 6.45) is 0. The Kier molecular flexibility index (Phi) is 8.28. The third-order valence-corrected chi connectivity index (χ3v) is 9.24. The summed E-state index contributed by atoms with van der Waals surface area (Å²) >= 11 is 7.65. The molecule has 3 aromatic carbocycles. The van der Waals surface area contributed by atoms with E-state index in [0.29, 0.717) is 27.1 Å². The second-order valence-electron chi connectivity index (χ2n) is 7.19. The van der Waals surface area contributed by atoms with E-state index in [0.717, 1.165) is 17.2 Å². The maximum Gasteiger partial charge on any atom is 0.396 e. The Hall–Kier alpha value is -1.35. The number of thioether (sulfide) groups is 1. The fraction of sp³-hybridized carbons (Fsp3) is 0.143. The second kappa shape index (κ2) is 10.3. The predicted molar refractivity (Wildman–Crippen MR) is 136 cm³/mol. The average molecular weight is 657 g/mol. The lowest BCUT2D eigenvalue weighted by Gasteiger charge is -2.15. The van der Waals surface area contributed by atoms with Gasteiger partial charge in [0.25, 0.3) is 0 Å². The van der Waals surface area contributed by atoms with E-state index in [4.69, 9.17) is 9.69 Å². The lowest BCUT2D eigenvalue weighted by atomic mass is 10.0. The Morgan fingerprint density at radius 1 is 0.824 bits per heavy atom. The first kappa shape index (κ1) is 27.2. The zero-order valence-electron chi connectivity index (χ0n) is 17.1. The first-order valence-electron chi connectivity index (χ1n) is 9.33. The predicted octanol–water partition coefficient (Wildman–Crippen LogP) is 5.90. The minimum atomic E-state index is -5.59. The quantitative estimate of drug-likeness (QED) is 0.292. The van der Waals surface area contributed by atoms with Crippen molar-refractivity contribution >= 4 is 63.8 Å². The van der Waals surface area contributed by atoms with Crippen LogP contribution in [0.2, 0.25) is 0 Å². The second-order valence-corrected chi connectivity index (χ2v) is 12.9. The fourth-order valence-electron chi connectivity index (χ4n) is 3.00. The fourth-order valence-corrected chi connectivity index (χ4v) is 6.77. The van der Waals surface area contributed by atoms with Crippen LogP contribution in [0.4, 0.5) is 8.78 Å². The zero-order chi connectivity index (χ0) is 25.3. The summed E-state index contributed by atoms with van der Waals surface area (Å²) in [5.74, 6) is 1.09. The van der Waals surface area contributed by atoms with Crippen LogP contribution < -0.4 is 5.14 Å². The highest BCUT2D eigenvalue weighted by molar-refractivity contribution is 9.10. The van der Waals surface area contributed by atoms with Gasteiger partial charge in [-0.25, -0.2) is 13.6 Å². The van der Waals surface area contributed by atoms with Gasteiger partial charge in [0, 0.05) is 20.5 Å². The van der Waals surface area contributed by atoms with Crippen molar-refractivity contribution in [2.24, 2.45) is 5.14 Å². The Morgan fingerprint density at radius 3 is 1.94 bits per heavy atom. The highest BCUT2D eigenvalue weighted by atomic mass is 79.9. The van der Waals surface area contributed by atoms with Crippen molar-refractivity contribution in [2.45, 2.75) is 21.7 Å². The molecule has 6 nitrogen and oxygen atoms in total. The minimum absolute atomic E-state index is 0.00355. The monoisotopic (exact) mass is 655 g/mol. The molecule has 0 aliphatic heterocycles. The Bertz CT molecular complexity index is 1430. The molecule has 0 aromatic heterocycles. The van der Waals surface area contributed by atoms with Gasteiger partial charge in [-0.05, 0) is 56.4 Å². The Labute approximate surface area is 217 Å². The maximum atomic E-state index is 13.9. The van der Waals surface area contributed by atoms with Gasteiger partial charge in [-0.15, -0.1) is 0 Å². The lowest BCUT2D eigenvalue weighted by molar-refractivity contribution is 0.0782. The van der Waals surface area contributed by atoms with Crippen molar-refractivity contribution in [1.82, 2.24) is 0 Å². The molecule has 3 rings (SSSR count). The molecule has 13 heteroatoms. The standard InChI is InChI=1S/C21H17Br2F2NO5S3/c22-18-8-6-16(10-20(18)33(26,27)28)15-4-1-13(2-5-15)11-32-12-14-3-7-17(19(23)9-14)21(24,25)34(29,30)31/h1-10H,11-12H2,(H2,26,27,28)(H,29,30,31). The summed E-state index contributed by atoms with van der Waals surface area (Å²) in [4.78, 5) is -0.00355. The van der Waals surface area contributed by atoms with Crippen LogP contribution in [0.25, 0.3) is 11.1 Å². The van der Waals surface area contributed by atoms with E-state index in [-0.39, 0.29) is 9.37 Å². The van der Waals surface area contributed by atoms with Gasteiger partial charge in [-0.3, -0.25) is 4.55 Å². The van der Waals surface area contributed by atoms with Crippen molar-refractivity contribution in [3.05, 3.63) is 86.3 Å². The number of sulfonamides is 1. The molecule has 0 bridgehead atoms. The third kappa shape index (κ3) is 6.25. The van der Waals surface area contributed by atoms with Crippen LogP contribution in [-0.2, 0) is 36.9 Å². The Morgan fingerprint density at radius 2 is 1.38 bits per heavy atom. The van der Waals surface area contributed by atoms with Crippen LogP contribution in [-0.4, -0.2) is 21.4 Å². The summed E-state index contributed by atoms with van der Waals surface area (Å²) in [5, 5.41) is 0.837. The van der Waals surface area contributed by atoms with Crippen molar-refractivity contribution in [1.29, 1.82) is 0 Å². The molecule has 182 valence electrons. The number of nitrogens with two attached hydrogens (primary N) is 1. The molecule has 0 aliphatic carbocycles. The third-order valence-electron chi connectivity index (χ3n) is 4.73. The molecule has 0 fully saturated rings. The molecule has 0 saturated carbocycles. The molecule has 34 heavy (non-hydrogen) atoms.